The zero-order valence-corrected chi connectivity index (χ0v) is 17.0. The van der Waals surface area contributed by atoms with Gasteiger partial charge in [-0.3, -0.25) is 4.79 Å². The molecule has 3 heteroatoms. The van der Waals surface area contributed by atoms with Crippen LogP contribution in [0.2, 0.25) is 0 Å². The molecule has 0 spiro atoms. The molecule has 1 aliphatic rings. The molecule has 0 aromatic rings. The zero-order valence-electron chi connectivity index (χ0n) is 16.2. The van der Waals surface area contributed by atoms with Crippen LogP contribution in [0, 0.1) is 0 Å². The van der Waals surface area contributed by atoms with Crippen LogP contribution in [0.5, 0.6) is 0 Å². The van der Waals surface area contributed by atoms with E-state index < -0.39 is 0 Å². The van der Waals surface area contributed by atoms with E-state index in [0.717, 1.165) is 16.9 Å². The van der Waals surface area contributed by atoms with Crippen molar-refractivity contribution in [3.05, 3.63) is 0 Å². The Kier molecular flexibility index (Phi) is 13.8. The molecule has 0 N–H and O–H groups in total. The number of ether oxygens (including phenoxy) is 1. The van der Waals surface area contributed by atoms with Gasteiger partial charge in [-0.05, 0) is 19.3 Å². The SMILES string of the molecule is CCCCCCCCCCCCCC1SC1CCCCC(=O)OC. The smallest absolute Gasteiger partial charge is 0.305 e. The van der Waals surface area contributed by atoms with Gasteiger partial charge < -0.3 is 4.74 Å². The summed E-state index contributed by atoms with van der Waals surface area (Å²) in [5, 5.41) is 1.83. The van der Waals surface area contributed by atoms with Gasteiger partial charge in [-0.25, -0.2) is 0 Å². The third-order valence-corrected chi connectivity index (χ3v) is 6.64. The van der Waals surface area contributed by atoms with Crippen LogP contribution in [0.4, 0.5) is 0 Å². The highest BCUT2D eigenvalue weighted by atomic mass is 32.2. The second kappa shape index (κ2) is 15.1. The zero-order chi connectivity index (χ0) is 17.5. The first-order valence-electron chi connectivity index (χ1n) is 10.5. The molecule has 0 bridgehead atoms. The van der Waals surface area contributed by atoms with Gasteiger partial charge in [-0.2, -0.15) is 11.8 Å². The topological polar surface area (TPSA) is 26.3 Å². The van der Waals surface area contributed by atoms with Crippen LogP contribution < -0.4 is 0 Å². The Hall–Kier alpha value is -0.180. The van der Waals surface area contributed by atoms with E-state index in [1.807, 2.05) is 0 Å². The highest BCUT2D eigenvalue weighted by Gasteiger charge is 2.36. The summed E-state index contributed by atoms with van der Waals surface area (Å²) in [7, 11) is 1.47. The molecular formula is C21H40O2S. The van der Waals surface area contributed by atoms with Crippen LogP contribution >= 0.6 is 11.8 Å². The fourth-order valence-electron chi connectivity index (χ4n) is 3.41. The number of esters is 1. The number of hydrogen-bond donors (Lipinski definition) is 0. The quantitative estimate of drug-likeness (QED) is 0.161. The second-order valence-corrected chi connectivity index (χ2v) is 8.84. The molecule has 0 radical (unpaired) electrons. The van der Waals surface area contributed by atoms with E-state index in [1.54, 1.807) is 0 Å². The van der Waals surface area contributed by atoms with E-state index in [4.69, 9.17) is 0 Å². The standard InChI is InChI=1S/C21H40O2S/c1-3-4-5-6-7-8-9-10-11-12-13-16-19-20(24-19)17-14-15-18-21(22)23-2/h19-20H,3-18H2,1-2H3. The van der Waals surface area contributed by atoms with Crippen molar-refractivity contribution in [3.8, 4) is 0 Å². The summed E-state index contributed by atoms with van der Waals surface area (Å²) in [6.45, 7) is 2.29. The lowest BCUT2D eigenvalue weighted by atomic mass is 10.0. The number of methoxy groups -OCH3 is 1. The lowest BCUT2D eigenvalue weighted by Crippen LogP contribution is -2.00. The third kappa shape index (κ3) is 12.2. The van der Waals surface area contributed by atoms with E-state index in [-0.39, 0.29) is 5.97 Å². The van der Waals surface area contributed by atoms with Gasteiger partial charge in [0.05, 0.1) is 7.11 Å². The third-order valence-electron chi connectivity index (χ3n) is 5.13. The van der Waals surface area contributed by atoms with Gasteiger partial charge in [0.1, 0.15) is 0 Å². The van der Waals surface area contributed by atoms with Gasteiger partial charge in [0.25, 0.3) is 0 Å². The molecule has 2 atom stereocenters. The fourth-order valence-corrected chi connectivity index (χ4v) is 4.65. The molecule has 142 valence electrons. The Morgan fingerprint density at radius 2 is 1.21 bits per heavy atom. The van der Waals surface area contributed by atoms with Crippen molar-refractivity contribution in [2.24, 2.45) is 0 Å². The van der Waals surface area contributed by atoms with Crippen molar-refractivity contribution in [1.82, 2.24) is 0 Å². The van der Waals surface area contributed by atoms with E-state index in [0.29, 0.717) is 6.42 Å². The number of thioether (sulfide) groups is 1. The van der Waals surface area contributed by atoms with Crippen LogP contribution in [0.15, 0.2) is 0 Å². The number of unbranched alkanes of at least 4 members (excludes halogenated alkanes) is 11. The van der Waals surface area contributed by atoms with Crippen molar-refractivity contribution in [2.75, 3.05) is 7.11 Å². The maximum Gasteiger partial charge on any atom is 0.305 e. The Bertz CT molecular complexity index is 306. The predicted octanol–water partition coefficient (Wildman–Crippen LogP) is 6.90. The molecule has 1 saturated heterocycles. The summed E-state index contributed by atoms with van der Waals surface area (Å²) in [6, 6.07) is 0. The molecule has 1 rings (SSSR count). The summed E-state index contributed by atoms with van der Waals surface area (Å²) < 4.78 is 4.67. The van der Waals surface area contributed by atoms with Crippen molar-refractivity contribution in [3.63, 3.8) is 0 Å². The first-order chi connectivity index (χ1) is 11.8. The van der Waals surface area contributed by atoms with Crippen molar-refractivity contribution >= 4 is 17.7 Å². The minimum absolute atomic E-state index is 0.0593. The van der Waals surface area contributed by atoms with Crippen LogP contribution in [-0.2, 0) is 9.53 Å². The summed E-state index contributed by atoms with van der Waals surface area (Å²) >= 11 is 2.17. The molecule has 2 unspecified atom stereocenters. The minimum Gasteiger partial charge on any atom is -0.469 e. The number of carbonyl (C=O) groups excluding carboxylic acids is 1. The Labute approximate surface area is 154 Å². The summed E-state index contributed by atoms with van der Waals surface area (Å²) in [4.78, 5) is 11.0. The Morgan fingerprint density at radius 1 is 0.750 bits per heavy atom. The lowest BCUT2D eigenvalue weighted by molar-refractivity contribution is -0.140. The van der Waals surface area contributed by atoms with E-state index >= 15 is 0 Å². The van der Waals surface area contributed by atoms with Gasteiger partial charge in [0, 0.05) is 16.9 Å². The lowest BCUT2D eigenvalue weighted by Gasteiger charge is -2.02. The molecule has 1 heterocycles. The van der Waals surface area contributed by atoms with Gasteiger partial charge in [-0.15, -0.1) is 0 Å². The second-order valence-electron chi connectivity index (χ2n) is 7.36. The predicted molar refractivity (Wildman–Crippen MR) is 107 cm³/mol. The Morgan fingerprint density at radius 3 is 1.71 bits per heavy atom. The van der Waals surface area contributed by atoms with Gasteiger partial charge in [-0.1, -0.05) is 84.0 Å². The van der Waals surface area contributed by atoms with Crippen molar-refractivity contribution in [2.45, 2.75) is 120 Å². The van der Waals surface area contributed by atoms with Crippen LogP contribution in [-0.4, -0.2) is 23.6 Å². The summed E-state index contributed by atoms with van der Waals surface area (Å²) in [5.74, 6) is -0.0593. The number of hydrogen-bond acceptors (Lipinski definition) is 3. The summed E-state index contributed by atoms with van der Waals surface area (Å²) in [5.41, 5.74) is 0. The minimum atomic E-state index is -0.0593. The largest absolute Gasteiger partial charge is 0.469 e. The van der Waals surface area contributed by atoms with E-state index in [1.165, 1.54) is 97.0 Å². The molecule has 1 aliphatic heterocycles. The van der Waals surface area contributed by atoms with Crippen molar-refractivity contribution < 1.29 is 9.53 Å². The molecule has 1 fully saturated rings. The van der Waals surface area contributed by atoms with Crippen LogP contribution in [0.25, 0.3) is 0 Å². The monoisotopic (exact) mass is 356 g/mol. The highest BCUT2D eigenvalue weighted by molar-refractivity contribution is 8.07. The molecule has 0 saturated carbocycles. The molecule has 0 aromatic heterocycles. The number of carbonyl (C=O) groups is 1. The fraction of sp³-hybridized carbons (Fsp3) is 0.952. The first-order valence-corrected chi connectivity index (χ1v) is 11.4. The highest BCUT2D eigenvalue weighted by Crippen LogP contribution is 2.47. The van der Waals surface area contributed by atoms with Crippen LogP contribution in [0.1, 0.15) is 110 Å². The van der Waals surface area contributed by atoms with Crippen molar-refractivity contribution in [1.29, 1.82) is 0 Å². The van der Waals surface area contributed by atoms with Gasteiger partial charge in [0.15, 0.2) is 0 Å². The number of rotatable bonds is 17. The molecule has 0 aliphatic carbocycles. The maximum absolute atomic E-state index is 11.0. The average Bonchev–Trinajstić information content (AvgIpc) is 3.34. The molecule has 24 heavy (non-hydrogen) atoms. The molecular weight excluding hydrogens is 316 g/mol. The van der Waals surface area contributed by atoms with Gasteiger partial charge >= 0.3 is 5.97 Å². The molecule has 0 aromatic carbocycles. The average molecular weight is 357 g/mol. The van der Waals surface area contributed by atoms with Crippen LogP contribution in [0.3, 0.4) is 0 Å². The molecule has 0 amide bonds. The Balaban J connectivity index is 1.75. The first kappa shape index (κ1) is 21.9. The normalized spacial score (nSPS) is 19.4. The van der Waals surface area contributed by atoms with Gasteiger partial charge in [0.2, 0.25) is 0 Å². The summed E-state index contributed by atoms with van der Waals surface area (Å²) in [6.07, 6.45) is 21.3. The molecule has 2 nitrogen and oxygen atoms in total. The maximum atomic E-state index is 11.0. The van der Waals surface area contributed by atoms with E-state index in [9.17, 15) is 4.79 Å². The van der Waals surface area contributed by atoms with E-state index in [2.05, 4.69) is 23.4 Å².